The lowest BCUT2D eigenvalue weighted by Gasteiger charge is -2.14. The number of anilines is 2. The number of nitrogens with one attached hydrogen (secondary N) is 2. The highest BCUT2D eigenvalue weighted by molar-refractivity contribution is 5.92. The maximum absolute atomic E-state index is 11.5. The van der Waals surface area contributed by atoms with E-state index < -0.39 is 0 Å². The van der Waals surface area contributed by atoms with Gasteiger partial charge >= 0.3 is 0 Å². The van der Waals surface area contributed by atoms with Gasteiger partial charge in [0.1, 0.15) is 12.1 Å². The Labute approximate surface area is 170 Å². The zero-order chi connectivity index (χ0) is 20.8. The molecule has 7 heteroatoms. The average Bonchev–Trinajstić information content (AvgIpc) is 3.16. The van der Waals surface area contributed by atoms with Crippen molar-refractivity contribution in [3.8, 4) is 6.07 Å². The monoisotopic (exact) mass is 388 g/mol. The normalized spacial score (nSPS) is 14.3. The van der Waals surface area contributed by atoms with Crippen LogP contribution in [0.5, 0.6) is 0 Å². The van der Waals surface area contributed by atoms with Crippen LogP contribution in [0.1, 0.15) is 30.5 Å². The summed E-state index contributed by atoms with van der Waals surface area (Å²) in [6.07, 6.45) is 3.22. The van der Waals surface area contributed by atoms with E-state index in [1.807, 2.05) is 38.1 Å². The predicted octanol–water partition coefficient (Wildman–Crippen LogP) is 3.00. The van der Waals surface area contributed by atoms with Crippen molar-refractivity contribution in [2.45, 2.75) is 32.7 Å². The second kappa shape index (κ2) is 9.13. The number of amides is 1. The molecule has 29 heavy (non-hydrogen) atoms. The van der Waals surface area contributed by atoms with Gasteiger partial charge in [-0.2, -0.15) is 5.26 Å². The molecule has 0 radical (unpaired) electrons. The second-order valence-electron chi connectivity index (χ2n) is 6.55. The predicted molar refractivity (Wildman–Crippen MR) is 115 cm³/mol. The van der Waals surface area contributed by atoms with Crippen molar-refractivity contribution in [1.82, 2.24) is 9.97 Å². The summed E-state index contributed by atoms with van der Waals surface area (Å²) in [5.41, 5.74) is 9.93. The molecule has 1 aromatic heterocycles. The van der Waals surface area contributed by atoms with E-state index in [0.29, 0.717) is 5.56 Å². The molecule has 0 bridgehead atoms. The Morgan fingerprint density at radius 2 is 1.97 bits per heavy atom. The number of hydrogen-bond donors (Lipinski definition) is 3. The summed E-state index contributed by atoms with van der Waals surface area (Å²) >= 11 is 0. The lowest BCUT2D eigenvalue weighted by Crippen LogP contribution is -2.21. The molecule has 1 atom stereocenters. The van der Waals surface area contributed by atoms with E-state index in [1.165, 1.54) is 17.5 Å². The van der Waals surface area contributed by atoms with Crippen molar-refractivity contribution >= 4 is 28.3 Å². The number of carbonyl (C=O) groups excluding carboxylic acids is 1. The quantitative estimate of drug-likeness (QED) is 0.632. The minimum atomic E-state index is -0.205. The summed E-state index contributed by atoms with van der Waals surface area (Å²) in [5.74, 6) is 0.523. The van der Waals surface area contributed by atoms with Gasteiger partial charge in [0, 0.05) is 17.1 Å². The third-order valence-electron chi connectivity index (χ3n) is 4.71. The van der Waals surface area contributed by atoms with Crippen LogP contribution in [0, 0.1) is 11.3 Å². The molecular formula is C22H24N6O. The van der Waals surface area contributed by atoms with Gasteiger partial charge in [-0.3, -0.25) is 4.79 Å². The smallest absolute Gasteiger partial charge is 0.238 e. The first kappa shape index (κ1) is 20.2. The number of aromatic nitrogens is 2. The van der Waals surface area contributed by atoms with Gasteiger partial charge in [-0.15, -0.1) is 0 Å². The van der Waals surface area contributed by atoms with E-state index in [0.717, 1.165) is 35.2 Å². The second-order valence-corrected chi connectivity index (χ2v) is 6.55. The van der Waals surface area contributed by atoms with Crippen LogP contribution in [0.2, 0.25) is 0 Å². The molecule has 4 N–H and O–H groups in total. The van der Waals surface area contributed by atoms with Crippen LogP contribution in [-0.2, 0) is 17.6 Å². The molecule has 3 aromatic rings. The van der Waals surface area contributed by atoms with Crippen LogP contribution in [0.4, 0.5) is 11.5 Å². The fourth-order valence-electron chi connectivity index (χ4n) is 3.44. The third-order valence-corrected chi connectivity index (χ3v) is 4.71. The van der Waals surface area contributed by atoms with Crippen molar-refractivity contribution in [2.24, 2.45) is 5.73 Å². The molecule has 0 spiro atoms. The molecule has 0 saturated heterocycles. The number of benzene rings is 2. The van der Waals surface area contributed by atoms with Crippen LogP contribution in [0.15, 0.2) is 42.7 Å². The van der Waals surface area contributed by atoms with Gasteiger partial charge in [-0.25, -0.2) is 9.97 Å². The largest absolute Gasteiger partial charge is 0.366 e. The highest BCUT2D eigenvalue weighted by Gasteiger charge is 2.23. The van der Waals surface area contributed by atoms with E-state index in [4.69, 9.17) is 11.0 Å². The molecule has 2 aromatic carbocycles. The Bertz CT molecular complexity index is 1070. The SMILES string of the molecule is CC.N#Cc1ccc2ncnc(NC3Cc4ccc(NC(=O)CN)cc4C3)c2c1. The van der Waals surface area contributed by atoms with Crippen LogP contribution in [-0.4, -0.2) is 28.5 Å². The number of nitrogens with two attached hydrogens (primary N) is 1. The van der Waals surface area contributed by atoms with Gasteiger partial charge in [0.05, 0.1) is 23.7 Å². The van der Waals surface area contributed by atoms with Gasteiger partial charge in [0.25, 0.3) is 0 Å². The van der Waals surface area contributed by atoms with Crippen LogP contribution in [0.3, 0.4) is 0 Å². The summed E-state index contributed by atoms with van der Waals surface area (Å²) in [4.78, 5) is 20.1. The number of rotatable bonds is 4. The molecule has 4 rings (SSSR count). The highest BCUT2D eigenvalue weighted by atomic mass is 16.1. The lowest BCUT2D eigenvalue weighted by atomic mass is 10.1. The molecule has 0 fully saturated rings. The fraction of sp³-hybridized carbons (Fsp3) is 0.273. The zero-order valence-electron chi connectivity index (χ0n) is 16.6. The Morgan fingerprint density at radius 1 is 1.17 bits per heavy atom. The minimum Gasteiger partial charge on any atom is -0.366 e. The highest BCUT2D eigenvalue weighted by Crippen LogP contribution is 2.29. The van der Waals surface area contributed by atoms with Crippen LogP contribution in [0.25, 0.3) is 10.9 Å². The van der Waals surface area contributed by atoms with Gasteiger partial charge in [-0.05, 0) is 54.3 Å². The molecule has 1 aliphatic rings. The van der Waals surface area contributed by atoms with Gasteiger partial charge in [0.15, 0.2) is 0 Å². The first-order chi connectivity index (χ1) is 14.2. The summed E-state index contributed by atoms with van der Waals surface area (Å²) in [6.45, 7) is 3.97. The van der Waals surface area contributed by atoms with Crippen molar-refractivity contribution in [2.75, 3.05) is 17.2 Å². The summed E-state index contributed by atoms with van der Waals surface area (Å²) in [5, 5.41) is 16.3. The maximum atomic E-state index is 11.5. The standard InChI is InChI=1S/C20H18N6O.C2H6/c21-9-12-1-4-18-17(5-12)20(24-11-23-18)26-16-6-13-2-3-15(7-14(13)8-16)25-19(27)10-22;1-2/h1-5,7,11,16H,6,8,10,22H2,(H,25,27)(H,23,24,26);1-2H3. The van der Waals surface area contributed by atoms with Crippen molar-refractivity contribution in [3.63, 3.8) is 0 Å². The maximum Gasteiger partial charge on any atom is 0.238 e. The molecule has 148 valence electrons. The summed E-state index contributed by atoms with van der Waals surface area (Å²) in [7, 11) is 0. The third kappa shape index (κ3) is 4.50. The van der Waals surface area contributed by atoms with E-state index >= 15 is 0 Å². The van der Waals surface area contributed by atoms with Gasteiger partial charge in [0.2, 0.25) is 5.91 Å². The molecule has 7 nitrogen and oxygen atoms in total. The Balaban J connectivity index is 0.00000117. The van der Waals surface area contributed by atoms with Crippen molar-refractivity contribution in [3.05, 3.63) is 59.4 Å². The average molecular weight is 388 g/mol. The number of fused-ring (bicyclic) bond motifs is 2. The Kier molecular flexibility index (Phi) is 6.37. The molecule has 1 heterocycles. The molecular weight excluding hydrogens is 364 g/mol. The van der Waals surface area contributed by atoms with Crippen LogP contribution >= 0.6 is 0 Å². The molecule has 1 amide bonds. The van der Waals surface area contributed by atoms with Crippen molar-refractivity contribution < 1.29 is 4.79 Å². The number of carbonyl (C=O) groups is 1. The molecule has 0 saturated carbocycles. The Morgan fingerprint density at radius 3 is 2.72 bits per heavy atom. The van der Waals surface area contributed by atoms with E-state index in [9.17, 15) is 4.79 Å². The zero-order valence-corrected chi connectivity index (χ0v) is 16.6. The lowest BCUT2D eigenvalue weighted by molar-refractivity contribution is -0.114. The first-order valence-electron chi connectivity index (χ1n) is 9.69. The number of hydrogen-bond acceptors (Lipinski definition) is 6. The van der Waals surface area contributed by atoms with Crippen molar-refractivity contribution in [1.29, 1.82) is 5.26 Å². The summed E-state index contributed by atoms with van der Waals surface area (Å²) < 4.78 is 0. The Hall–Kier alpha value is -3.50. The fourth-order valence-corrected chi connectivity index (χ4v) is 3.44. The van der Waals surface area contributed by atoms with E-state index in [2.05, 4.69) is 26.7 Å². The molecule has 1 unspecified atom stereocenters. The molecule has 0 aliphatic heterocycles. The summed E-state index contributed by atoms with van der Waals surface area (Å²) in [6, 6.07) is 13.7. The van der Waals surface area contributed by atoms with E-state index in [-0.39, 0.29) is 18.5 Å². The van der Waals surface area contributed by atoms with Gasteiger partial charge in [-0.1, -0.05) is 19.9 Å². The number of nitriles is 1. The van der Waals surface area contributed by atoms with Crippen LogP contribution < -0.4 is 16.4 Å². The minimum absolute atomic E-state index is 0.0350. The first-order valence-corrected chi connectivity index (χ1v) is 9.69. The van der Waals surface area contributed by atoms with E-state index in [1.54, 1.807) is 12.1 Å². The van der Waals surface area contributed by atoms with Gasteiger partial charge < -0.3 is 16.4 Å². The topological polar surface area (TPSA) is 117 Å². The number of nitrogens with zero attached hydrogens (tertiary/aromatic N) is 3. The molecule has 1 aliphatic carbocycles.